The first-order chi connectivity index (χ1) is 10.1. The zero-order valence-electron chi connectivity index (χ0n) is 11.7. The molecule has 1 aromatic rings. The van der Waals surface area contributed by atoms with Gasteiger partial charge in [-0.25, -0.2) is 0 Å². The van der Waals surface area contributed by atoms with Gasteiger partial charge in [0.2, 0.25) is 5.91 Å². The van der Waals surface area contributed by atoms with Crippen molar-refractivity contribution in [2.24, 2.45) is 23.7 Å². The van der Waals surface area contributed by atoms with Crippen molar-refractivity contribution in [3.8, 4) is 0 Å². The predicted octanol–water partition coefficient (Wildman–Crippen LogP) is 2.87. The van der Waals surface area contributed by atoms with E-state index in [-0.39, 0.29) is 17.7 Å². The Morgan fingerprint density at radius 2 is 1.95 bits per heavy atom. The van der Waals surface area contributed by atoms with Crippen LogP contribution in [0.4, 0.5) is 5.69 Å². The van der Waals surface area contributed by atoms with Gasteiger partial charge in [0, 0.05) is 10.6 Å². The number of hydrogen-bond acceptors (Lipinski definition) is 3. The molecule has 2 bridgehead atoms. The number of nitrogens with one attached hydrogen (secondary N) is 1. The molecule has 0 heterocycles. The van der Waals surface area contributed by atoms with Gasteiger partial charge in [-0.15, -0.1) is 11.8 Å². The van der Waals surface area contributed by atoms with Crippen molar-refractivity contribution >= 4 is 29.3 Å². The monoisotopic (exact) mass is 303 g/mol. The highest BCUT2D eigenvalue weighted by Crippen LogP contribution is 2.48. The number of carboxylic acid groups (broad SMARTS) is 1. The molecule has 0 spiro atoms. The van der Waals surface area contributed by atoms with Crippen LogP contribution in [0.3, 0.4) is 0 Å². The number of carbonyl (C=O) groups excluding carboxylic acids is 1. The third kappa shape index (κ3) is 2.58. The molecular weight excluding hydrogens is 286 g/mol. The quantitative estimate of drug-likeness (QED) is 0.663. The minimum absolute atomic E-state index is 0.000724. The maximum absolute atomic E-state index is 12.5. The van der Waals surface area contributed by atoms with Gasteiger partial charge in [0.05, 0.1) is 11.8 Å². The molecule has 0 unspecified atom stereocenters. The number of allylic oxidation sites excluding steroid dienone is 2. The first kappa shape index (κ1) is 14.2. The zero-order chi connectivity index (χ0) is 15.0. The molecule has 2 aliphatic carbocycles. The fourth-order valence-electron chi connectivity index (χ4n) is 3.44. The minimum atomic E-state index is -0.870. The summed E-state index contributed by atoms with van der Waals surface area (Å²) in [5, 5.41) is 12.3. The van der Waals surface area contributed by atoms with Gasteiger partial charge in [-0.3, -0.25) is 9.59 Å². The van der Waals surface area contributed by atoms with E-state index in [1.54, 1.807) is 11.8 Å². The van der Waals surface area contributed by atoms with Crippen LogP contribution in [-0.2, 0) is 9.59 Å². The topological polar surface area (TPSA) is 66.4 Å². The van der Waals surface area contributed by atoms with Crippen LogP contribution in [0.1, 0.15) is 6.42 Å². The number of carbonyl (C=O) groups is 2. The Morgan fingerprint density at radius 1 is 1.24 bits per heavy atom. The first-order valence-corrected chi connectivity index (χ1v) is 8.18. The van der Waals surface area contributed by atoms with Crippen molar-refractivity contribution in [3.05, 3.63) is 36.4 Å². The van der Waals surface area contributed by atoms with Crippen LogP contribution in [-0.4, -0.2) is 23.2 Å². The minimum Gasteiger partial charge on any atom is -0.481 e. The van der Waals surface area contributed by atoms with Gasteiger partial charge in [-0.05, 0) is 42.7 Å². The predicted molar refractivity (Wildman–Crippen MR) is 82.2 cm³/mol. The van der Waals surface area contributed by atoms with Crippen LogP contribution < -0.4 is 5.32 Å². The lowest BCUT2D eigenvalue weighted by Crippen LogP contribution is -2.36. The number of amides is 1. The second-order valence-electron chi connectivity index (χ2n) is 5.56. The third-order valence-electron chi connectivity index (χ3n) is 4.38. The molecule has 0 aliphatic heterocycles. The number of benzene rings is 1. The highest BCUT2D eigenvalue weighted by atomic mass is 32.2. The highest BCUT2D eigenvalue weighted by Gasteiger charge is 2.51. The molecule has 0 aromatic heterocycles. The average Bonchev–Trinajstić information content (AvgIpc) is 3.07. The molecule has 5 heteroatoms. The van der Waals surface area contributed by atoms with Gasteiger partial charge in [0.25, 0.3) is 0 Å². The van der Waals surface area contributed by atoms with Crippen molar-refractivity contribution in [2.75, 3.05) is 11.6 Å². The Labute approximate surface area is 127 Å². The van der Waals surface area contributed by atoms with Gasteiger partial charge >= 0.3 is 5.97 Å². The summed E-state index contributed by atoms with van der Waals surface area (Å²) in [4.78, 5) is 25.0. The van der Waals surface area contributed by atoms with Crippen molar-refractivity contribution in [3.63, 3.8) is 0 Å². The lowest BCUT2D eigenvalue weighted by atomic mass is 9.82. The molecule has 1 fully saturated rings. The van der Waals surface area contributed by atoms with Crippen LogP contribution in [0.25, 0.3) is 0 Å². The van der Waals surface area contributed by atoms with Crippen LogP contribution in [0, 0.1) is 23.7 Å². The smallest absolute Gasteiger partial charge is 0.307 e. The van der Waals surface area contributed by atoms with E-state index in [1.165, 1.54) is 0 Å². The molecule has 110 valence electrons. The van der Waals surface area contributed by atoms with Gasteiger partial charge < -0.3 is 10.4 Å². The normalized spacial score (nSPS) is 29.6. The van der Waals surface area contributed by atoms with E-state index >= 15 is 0 Å². The van der Waals surface area contributed by atoms with Gasteiger partial charge in [0.15, 0.2) is 0 Å². The molecule has 1 amide bonds. The summed E-state index contributed by atoms with van der Waals surface area (Å²) in [6.07, 6.45) is 6.69. The summed E-state index contributed by atoms with van der Waals surface area (Å²) in [7, 11) is 0. The fraction of sp³-hybridized carbons (Fsp3) is 0.375. The number of hydrogen-bond donors (Lipinski definition) is 2. The molecule has 3 rings (SSSR count). The fourth-order valence-corrected chi connectivity index (χ4v) is 3.90. The third-order valence-corrected chi connectivity index (χ3v) is 5.11. The molecule has 2 aliphatic rings. The van der Waals surface area contributed by atoms with Crippen LogP contribution in [0.2, 0.25) is 0 Å². The summed E-state index contributed by atoms with van der Waals surface area (Å²) < 4.78 is 0. The highest BCUT2D eigenvalue weighted by molar-refractivity contribution is 7.98. The number of thioether (sulfide) groups is 1. The lowest BCUT2D eigenvalue weighted by Gasteiger charge is -2.23. The van der Waals surface area contributed by atoms with Crippen LogP contribution >= 0.6 is 11.8 Å². The number of rotatable bonds is 4. The molecule has 1 aromatic carbocycles. The standard InChI is InChI=1S/C16H17NO3S/c1-21-12-4-2-3-11(8-12)17-15(18)13-9-5-6-10(7-9)14(13)16(19)20/h2-6,8-10,13-14H,7H2,1H3,(H,17,18)(H,19,20)/t9-,10-,13+,14+/m0/s1. The molecule has 4 atom stereocenters. The van der Waals surface area contributed by atoms with Crippen LogP contribution in [0.15, 0.2) is 41.3 Å². The second kappa shape index (κ2) is 5.56. The zero-order valence-corrected chi connectivity index (χ0v) is 12.5. The van der Waals surface area contributed by atoms with Crippen LogP contribution in [0.5, 0.6) is 0 Å². The number of fused-ring (bicyclic) bond motifs is 2. The molecular formula is C16H17NO3S. The maximum Gasteiger partial charge on any atom is 0.307 e. The Hall–Kier alpha value is -1.75. The first-order valence-electron chi connectivity index (χ1n) is 6.96. The SMILES string of the molecule is CSc1cccc(NC(=O)[C@H]2[C@H](C(=O)O)[C@H]3C=C[C@H]2C3)c1. The second-order valence-corrected chi connectivity index (χ2v) is 6.44. The van der Waals surface area contributed by atoms with Crippen molar-refractivity contribution in [1.29, 1.82) is 0 Å². The summed E-state index contributed by atoms with van der Waals surface area (Å²) in [6, 6.07) is 7.59. The Balaban J connectivity index is 1.78. The Morgan fingerprint density at radius 3 is 2.62 bits per heavy atom. The molecule has 21 heavy (non-hydrogen) atoms. The summed E-state index contributed by atoms with van der Waals surface area (Å²) in [5.74, 6) is -2.05. The number of aliphatic carboxylic acids is 1. The molecule has 0 saturated heterocycles. The van der Waals surface area contributed by atoms with E-state index in [0.717, 1.165) is 17.0 Å². The molecule has 2 N–H and O–H groups in total. The van der Waals surface area contributed by atoms with Gasteiger partial charge in [-0.1, -0.05) is 18.2 Å². The average molecular weight is 303 g/mol. The molecule has 1 saturated carbocycles. The van der Waals surface area contributed by atoms with E-state index in [1.807, 2.05) is 42.7 Å². The van der Waals surface area contributed by atoms with Gasteiger partial charge in [-0.2, -0.15) is 0 Å². The Kier molecular flexibility index (Phi) is 3.76. The number of anilines is 1. The molecule has 0 radical (unpaired) electrons. The Bertz CT molecular complexity index is 613. The summed E-state index contributed by atoms with van der Waals surface area (Å²) >= 11 is 1.60. The van der Waals surface area contributed by atoms with E-state index in [9.17, 15) is 14.7 Å². The van der Waals surface area contributed by atoms with Crippen molar-refractivity contribution in [2.45, 2.75) is 11.3 Å². The van der Waals surface area contributed by atoms with E-state index in [0.29, 0.717) is 0 Å². The van der Waals surface area contributed by atoms with Crippen molar-refractivity contribution in [1.82, 2.24) is 0 Å². The van der Waals surface area contributed by atoms with E-state index < -0.39 is 17.8 Å². The largest absolute Gasteiger partial charge is 0.481 e. The van der Waals surface area contributed by atoms with E-state index in [4.69, 9.17) is 0 Å². The summed E-state index contributed by atoms with van der Waals surface area (Å²) in [6.45, 7) is 0. The number of carboxylic acids is 1. The van der Waals surface area contributed by atoms with E-state index in [2.05, 4.69) is 5.32 Å². The van der Waals surface area contributed by atoms with Gasteiger partial charge in [0.1, 0.15) is 0 Å². The maximum atomic E-state index is 12.5. The molecule has 4 nitrogen and oxygen atoms in total. The van der Waals surface area contributed by atoms with Crippen molar-refractivity contribution < 1.29 is 14.7 Å². The lowest BCUT2D eigenvalue weighted by molar-refractivity contribution is -0.146. The summed E-state index contributed by atoms with van der Waals surface area (Å²) in [5.41, 5.74) is 0.725.